The van der Waals surface area contributed by atoms with E-state index in [-0.39, 0.29) is 11.5 Å². The Morgan fingerprint density at radius 3 is 2.86 bits per heavy atom. The van der Waals surface area contributed by atoms with Gasteiger partial charge in [0.25, 0.3) is 0 Å². The van der Waals surface area contributed by atoms with Crippen LogP contribution < -0.4 is 0 Å². The summed E-state index contributed by atoms with van der Waals surface area (Å²) < 4.78 is 1.19. The molecule has 14 heavy (non-hydrogen) atoms. The van der Waals surface area contributed by atoms with E-state index in [4.69, 9.17) is 5.26 Å². The summed E-state index contributed by atoms with van der Waals surface area (Å²) >= 11 is 0. The number of carbonyl (C=O) groups excluding carboxylic acids is 1. The quantitative estimate of drug-likeness (QED) is 0.662. The predicted molar refractivity (Wildman–Crippen MR) is 53.3 cm³/mol. The van der Waals surface area contributed by atoms with Crippen molar-refractivity contribution >= 4 is 17.6 Å². The lowest BCUT2D eigenvalue weighted by molar-refractivity contribution is 0.0920. The molecule has 0 saturated heterocycles. The fourth-order valence-corrected chi connectivity index (χ4v) is 1.10. The summed E-state index contributed by atoms with van der Waals surface area (Å²) in [6, 6.07) is 1.90. The monoisotopic (exact) mass is 187 g/mol. The van der Waals surface area contributed by atoms with Crippen LogP contribution in [0.25, 0.3) is 11.6 Å². The van der Waals surface area contributed by atoms with Crippen LogP contribution in [0.2, 0.25) is 0 Å². The largest absolute Gasteiger partial charge is 0.273 e. The molecular weight excluding hydrogens is 178 g/mol. The molecule has 0 aliphatic carbocycles. The van der Waals surface area contributed by atoms with E-state index in [0.29, 0.717) is 11.3 Å². The molecule has 0 unspecified atom stereocenters. The highest BCUT2D eigenvalue weighted by molar-refractivity contribution is 5.84. The summed E-state index contributed by atoms with van der Waals surface area (Å²) in [6.07, 6.45) is 2.91. The smallest absolute Gasteiger partial charge is 0.244 e. The molecule has 0 saturated carbocycles. The summed E-state index contributed by atoms with van der Waals surface area (Å²) in [5.74, 6) is -0.225. The van der Waals surface area contributed by atoms with Gasteiger partial charge in [-0.05, 0) is 6.08 Å². The Balaban J connectivity index is 3.36. The molecule has 0 amide bonds. The number of aromatic nitrogens is 2. The van der Waals surface area contributed by atoms with Gasteiger partial charge in [0.05, 0.1) is 23.5 Å². The van der Waals surface area contributed by atoms with Crippen molar-refractivity contribution in [3.8, 4) is 6.07 Å². The highest BCUT2D eigenvalue weighted by Crippen LogP contribution is 2.17. The molecule has 70 valence electrons. The van der Waals surface area contributed by atoms with E-state index in [1.807, 2.05) is 6.07 Å². The molecule has 1 aromatic rings. The van der Waals surface area contributed by atoms with Gasteiger partial charge < -0.3 is 0 Å². The van der Waals surface area contributed by atoms with Gasteiger partial charge in [0.2, 0.25) is 5.91 Å². The van der Waals surface area contributed by atoms with Gasteiger partial charge in [-0.1, -0.05) is 13.2 Å². The average molecular weight is 187 g/mol. The molecule has 4 heteroatoms. The van der Waals surface area contributed by atoms with E-state index in [0.717, 1.165) is 0 Å². The molecule has 0 atom stereocenters. The fraction of sp³-hybridized carbons (Fsp3) is 0.100. The SMILES string of the molecule is C=Cc1c(C(=C)C#N)cnn1C(C)=O. The Morgan fingerprint density at radius 1 is 1.79 bits per heavy atom. The first-order chi connectivity index (χ1) is 6.61. The second-order valence-electron chi connectivity index (χ2n) is 2.67. The Kier molecular flexibility index (Phi) is 2.63. The lowest BCUT2D eigenvalue weighted by atomic mass is 10.1. The van der Waals surface area contributed by atoms with Gasteiger partial charge in [-0.2, -0.15) is 10.4 Å². The number of carbonyl (C=O) groups is 1. The summed E-state index contributed by atoms with van der Waals surface area (Å²) in [5, 5.41) is 12.5. The zero-order chi connectivity index (χ0) is 10.7. The summed E-state index contributed by atoms with van der Waals surface area (Å²) in [4.78, 5) is 11.1. The standard InChI is InChI=1S/C10H9N3O/c1-4-10-9(7(2)5-11)6-12-13(10)8(3)14/h4,6H,1-2H2,3H3. The first kappa shape index (κ1) is 9.93. The Labute approximate surface area is 81.8 Å². The van der Waals surface area contributed by atoms with Crippen LogP contribution in [0.4, 0.5) is 0 Å². The van der Waals surface area contributed by atoms with Crippen molar-refractivity contribution in [2.45, 2.75) is 6.92 Å². The summed E-state index contributed by atoms with van der Waals surface area (Å²) in [6.45, 7) is 8.50. The second-order valence-corrected chi connectivity index (χ2v) is 2.67. The van der Waals surface area contributed by atoms with Crippen molar-refractivity contribution in [3.63, 3.8) is 0 Å². The van der Waals surface area contributed by atoms with Crippen molar-refractivity contribution in [3.05, 3.63) is 30.6 Å². The predicted octanol–water partition coefficient (Wildman–Crippen LogP) is 1.72. The van der Waals surface area contributed by atoms with Gasteiger partial charge >= 0.3 is 0 Å². The molecule has 1 aromatic heterocycles. The lowest BCUT2D eigenvalue weighted by Gasteiger charge is -1.99. The Bertz CT molecular complexity index is 448. The number of rotatable bonds is 2. The third-order valence-electron chi connectivity index (χ3n) is 1.76. The molecule has 0 spiro atoms. The van der Waals surface area contributed by atoms with E-state index in [1.165, 1.54) is 23.9 Å². The molecule has 0 fully saturated rings. The minimum Gasteiger partial charge on any atom is -0.273 e. The number of allylic oxidation sites excluding steroid dienone is 1. The third-order valence-corrected chi connectivity index (χ3v) is 1.76. The third kappa shape index (κ3) is 1.48. The normalized spacial score (nSPS) is 9.14. The summed E-state index contributed by atoms with van der Waals surface area (Å²) in [5.41, 5.74) is 1.31. The van der Waals surface area contributed by atoms with Crippen molar-refractivity contribution in [1.82, 2.24) is 9.78 Å². The van der Waals surface area contributed by atoms with E-state index < -0.39 is 0 Å². The van der Waals surface area contributed by atoms with Crippen molar-refractivity contribution < 1.29 is 4.79 Å². The van der Waals surface area contributed by atoms with Gasteiger partial charge in [-0.3, -0.25) is 4.79 Å². The maximum Gasteiger partial charge on any atom is 0.244 e. The maximum atomic E-state index is 11.1. The number of nitriles is 1. The van der Waals surface area contributed by atoms with Gasteiger partial charge in [0.15, 0.2) is 0 Å². The van der Waals surface area contributed by atoms with Gasteiger partial charge in [0, 0.05) is 12.5 Å². The summed E-state index contributed by atoms with van der Waals surface area (Å²) in [7, 11) is 0. The van der Waals surface area contributed by atoms with Gasteiger partial charge in [-0.15, -0.1) is 0 Å². The molecule has 4 nitrogen and oxygen atoms in total. The van der Waals surface area contributed by atoms with Gasteiger partial charge in [-0.25, -0.2) is 4.68 Å². The van der Waals surface area contributed by atoms with Crippen LogP contribution in [-0.2, 0) is 0 Å². The van der Waals surface area contributed by atoms with E-state index in [2.05, 4.69) is 18.3 Å². The number of nitrogens with zero attached hydrogens (tertiary/aromatic N) is 3. The first-order valence-electron chi connectivity index (χ1n) is 3.92. The molecule has 0 N–H and O–H groups in total. The van der Waals surface area contributed by atoms with Crippen LogP contribution in [0.1, 0.15) is 23.0 Å². The zero-order valence-electron chi connectivity index (χ0n) is 7.82. The number of hydrogen-bond donors (Lipinski definition) is 0. The van der Waals surface area contributed by atoms with Crippen LogP contribution in [-0.4, -0.2) is 15.7 Å². The van der Waals surface area contributed by atoms with Crippen LogP contribution in [0.5, 0.6) is 0 Å². The first-order valence-corrected chi connectivity index (χ1v) is 3.92. The second kappa shape index (κ2) is 3.71. The fourth-order valence-electron chi connectivity index (χ4n) is 1.10. The van der Waals surface area contributed by atoms with Crippen LogP contribution in [0, 0.1) is 11.3 Å². The molecule has 0 radical (unpaired) electrons. The molecule has 0 aliphatic heterocycles. The average Bonchev–Trinajstić information content (AvgIpc) is 2.59. The van der Waals surface area contributed by atoms with Crippen LogP contribution >= 0.6 is 0 Å². The molecular formula is C10H9N3O. The van der Waals surface area contributed by atoms with Crippen molar-refractivity contribution in [2.75, 3.05) is 0 Å². The molecule has 0 bridgehead atoms. The maximum absolute atomic E-state index is 11.1. The van der Waals surface area contributed by atoms with Crippen LogP contribution in [0.3, 0.4) is 0 Å². The highest BCUT2D eigenvalue weighted by Gasteiger charge is 2.12. The van der Waals surface area contributed by atoms with Crippen molar-refractivity contribution in [1.29, 1.82) is 5.26 Å². The van der Waals surface area contributed by atoms with E-state index >= 15 is 0 Å². The number of hydrogen-bond acceptors (Lipinski definition) is 3. The molecule has 0 aromatic carbocycles. The zero-order valence-corrected chi connectivity index (χ0v) is 7.82. The van der Waals surface area contributed by atoms with E-state index in [1.54, 1.807) is 0 Å². The topological polar surface area (TPSA) is 58.7 Å². The minimum atomic E-state index is -0.225. The minimum absolute atomic E-state index is 0.225. The molecule has 1 rings (SSSR count). The van der Waals surface area contributed by atoms with Gasteiger partial charge in [0.1, 0.15) is 0 Å². The van der Waals surface area contributed by atoms with E-state index in [9.17, 15) is 4.79 Å². The van der Waals surface area contributed by atoms with Crippen molar-refractivity contribution in [2.24, 2.45) is 0 Å². The molecule has 1 heterocycles. The Morgan fingerprint density at radius 2 is 2.43 bits per heavy atom. The van der Waals surface area contributed by atoms with Crippen LogP contribution in [0.15, 0.2) is 19.4 Å². The molecule has 0 aliphatic rings. The lowest BCUT2D eigenvalue weighted by Crippen LogP contribution is -2.09. The Hall–Kier alpha value is -2.15. The highest BCUT2D eigenvalue weighted by atomic mass is 16.2.